The van der Waals surface area contributed by atoms with Crippen molar-refractivity contribution in [3.63, 3.8) is 0 Å². The molecule has 3 aromatic rings. The normalized spacial score (nSPS) is 20.2. The number of anilines is 1. The van der Waals surface area contributed by atoms with Crippen LogP contribution in [0.2, 0.25) is 5.02 Å². The van der Waals surface area contributed by atoms with E-state index >= 15 is 0 Å². The van der Waals surface area contributed by atoms with Gasteiger partial charge in [-0.15, -0.1) is 0 Å². The van der Waals surface area contributed by atoms with Crippen molar-refractivity contribution in [3.05, 3.63) is 99.0 Å². The number of benzene rings is 3. The Labute approximate surface area is 189 Å². The standard InChI is InChI=1S/C24H22BrClN2O2/c1-2-30-22(29)15-28-23(16-8-4-3-5-9-16)19-14-17(25)12-13-21(19)27-24(28)18-10-6-7-11-20(18)26/h3-14,23-24,27H,2,15H2,1H3/p+1/t23-,24-/m0/s1. The minimum atomic E-state index is -0.231. The van der Waals surface area contributed by atoms with Crippen LogP contribution in [-0.2, 0) is 9.53 Å². The van der Waals surface area contributed by atoms with Crippen molar-refractivity contribution in [3.8, 4) is 0 Å². The maximum atomic E-state index is 12.6. The number of halogens is 2. The SMILES string of the molecule is CCOC(=O)C[NH+]1[C@@H](c2ccccc2)c2cc(Br)ccc2N[C@@H]1c1ccccc1Cl. The van der Waals surface area contributed by atoms with Gasteiger partial charge in [-0.25, -0.2) is 4.79 Å². The lowest BCUT2D eigenvalue weighted by atomic mass is 9.91. The van der Waals surface area contributed by atoms with Crippen LogP contribution < -0.4 is 10.2 Å². The van der Waals surface area contributed by atoms with Gasteiger partial charge < -0.3 is 10.1 Å². The summed E-state index contributed by atoms with van der Waals surface area (Å²) in [4.78, 5) is 13.6. The maximum absolute atomic E-state index is 12.6. The number of carbonyl (C=O) groups excluding carboxylic acids is 1. The fourth-order valence-corrected chi connectivity index (χ4v) is 4.75. The molecule has 1 aliphatic heterocycles. The summed E-state index contributed by atoms with van der Waals surface area (Å²) in [5, 5.41) is 4.30. The Morgan fingerprint density at radius 3 is 2.53 bits per heavy atom. The van der Waals surface area contributed by atoms with E-state index in [-0.39, 0.29) is 24.7 Å². The van der Waals surface area contributed by atoms with Crippen molar-refractivity contribution >= 4 is 39.2 Å². The van der Waals surface area contributed by atoms with Crippen LogP contribution in [0.1, 0.15) is 35.8 Å². The van der Waals surface area contributed by atoms with Gasteiger partial charge in [0.1, 0.15) is 6.04 Å². The first kappa shape index (κ1) is 20.9. The molecule has 3 aromatic carbocycles. The first-order chi connectivity index (χ1) is 14.6. The smallest absolute Gasteiger partial charge is 0.361 e. The Kier molecular flexibility index (Phi) is 6.42. The summed E-state index contributed by atoms with van der Waals surface area (Å²) in [6.45, 7) is 2.39. The number of nitrogens with one attached hydrogen (secondary N) is 2. The molecule has 0 aliphatic carbocycles. The number of rotatable bonds is 5. The predicted octanol–water partition coefficient (Wildman–Crippen LogP) is 4.76. The molecule has 4 rings (SSSR count). The molecular formula is C24H23BrClN2O2+. The highest BCUT2D eigenvalue weighted by Gasteiger charge is 2.41. The van der Waals surface area contributed by atoms with Crippen LogP contribution in [0.5, 0.6) is 0 Å². The van der Waals surface area contributed by atoms with E-state index in [1.807, 2.05) is 55.5 Å². The Morgan fingerprint density at radius 2 is 1.80 bits per heavy atom. The van der Waals surface area contributed by atoms with Crippen LogP contribution in [0.4, 0.5) is 5.69 Å². The van der Waals surface area contributed by atoms with Gasteiger partial charge in [0, 0.05) is 26.9 Å². The largest absolute Gasteiger partial charge is 0.462 e. The Balaban J connectivity index is 1.89. The molecule has 3 atom stereocenters. The summed E-state index contributed by atoms with van der Waals surface area (Å²) in [6, 6.07) is 24.2. The number of fused-ring (bicyclic) bond motifs is 1. The number of hydrogen-bond donors (Lipinski definition) is 2. The third kappa shape index (κ3) is 4.24. The molecule has 0 saturated carbocycles. The molecule has 1 aliphatic rings. The lowest BCUT2D eigenvalue weighted by molar-refractivity contribution is -0.947. The van der Waals surface area contributed by atoms with Gasteiger partial charge in [-0.2, -0.15) is 0 Å². The molecule has 0 radical (unpaired) electrons. The molecule has 1 unspecified atom stereocenters. The number of quaternary nitrogens is 1. The molecular weight excluding hydrogens is 464 g/mol. The van der Waals surface area contributed by atoms with E-state index < -0.39 is 0 Å². The maximum Gasteiger partial charge on any atom is 0.361 e. The van der Waals surface area contributed by atoms with Gasteiger partial charge in [-0.05, 0) is 37.3 Å². The molecule has 2 N–H and O–H groups in total. The minimum Gasteiger partial charge on any atom is -0.462 e. The first-order valence-corrected chi connectivity index (χ1v) is 11.1. The van der Waals surface area contributed by atoms with Crippen LogP contribution in [0, 0.1) is 0 Å². The lowest BCUT2D eigenvalue weighted by Gasteiger charge is -2.41. The summed E-state index contributed by atoms with van der Waals surface area (Å²) in [5.74, 6) is -0.231. The zero-order chi connectivity index (χ0) is 21.1. The Bertz CT molecular complexity index is 1040. The fourth-order valence-electron chi connectivity index (χ4n) is 4.13. The van der Waals surface area contributed by atoms with Crippen LogP contribution in [0.25, 0.3) is 0 Å². The van der Waals surface area contributed by atoms with E-state index in [0.717, 1.165) is 31.8 Å². The first-order valence-electron chi connectivity index (χ1n) is 9.95. The third-order valence-electron chi connectivity index (χ3n) is 5.37. The highest BCUT2D eigenvalue weighted by atomic mass is 79.9. The quantitative estimate of drug-likeness (QED) is 0.511. The van der Waals surface area contributed by atoms with Gasteiger partial charge in [-0.1, -0.05) is 70.0 Å². The predicted molar refractivity (Wildman–Crippen MR) is 123 cm³/mol. The Morgan fingerprint density at radius 1 is 1.07 bits per heavy atom. The number of carbonyl (C=O) groups is 1. The summed E-state index contributed by atoms with van der Waals surface area (Å²) < 4.78 is 6.32. The molecule has 0 aromatic heterocycles. The van der Waals surface area contributed by atoms with Crippen molar-refractivity contribution < 1.29 is 14.4 Å². The second kappa shape index (κ2) is 9.21. The zero-order valence-electron chi connectivity index (χ0n) is 16.6. The van der Waals surface area contributed by atoms with Crippen LogP contribution in [-0.4, -0.2) is 19.1 Å². The molecule has 154 valence electrons. The summed E-state index contributed by atoms with van der Waals surface area (Å²) in [7, 11) is 0. The van der Waals surface area contributed by atoms with Crippen LogP contribution >= 0.6 is 27.5 Å². The van der Waals surface area contributed by atoms with Gasteiger partial charge >= 0.3 is 5.97 Å². The van der Waals surface area contributed by atoms with E-state index in [2.05, 4.69) is 45.5 Å². The fraction of sp³-hybridized carbons (Fsp3) is 0.208. The Hall–Kier alpha value is -2.34. The third-order valence-corrected chi connectivity index (χ3v) is 6.21. The van der Waals surface area contributed by atoms with Crippen molar-refractivity contribution in [1.82, 2.24) is 0 Å². The van der Waals surface area contributed by atoms with Crippen molar-refractivity contribution in [2.24, 2.45) is 0 Å². The average molecular weight is 487 g/mol. The van der Waals surface area contributed by atoms with Gasteiger partial charge in [0.2, 0.25) is 0 Å². The van der Waals surface area contributed by atoms with E-state index in [4.69, 9.17) is 16.3 Å². The van der Waals surface area contributed by atoms with Gasteiger partial charge in [-0.3, -0.25) is 4.90 Å². The minimum absolute atomic E-state index is 0.0642. The highest BCUT2D eigenvalue weighted by molar-refractivity contribution is 9.10. The van der Waals surface area contributed by atoms with Crippen molar-refractivity contribution in [2.75, 3.05) is 18.5 Å². The molecule has 30 heavy (non-hydrogen) atoms. The molecule has 0 bridgehead atoms. The van der Waals surface area contributed by atoms with E-state index in [0.29, 0.717) is 11.6 Å². The highest BCUT2D eigenvalue weighted by Crippen LogP contribution is 2.36. The molecule has 0 amide bonds. The second-order valence-electron chi connectivity index (χ2n) is 7.23. The van der Waals surface area contributed by atoms with Gasteiger partial charge in [0.05, 0.1) is 11.6 Å². The molecule has 6 heteroatoms. The van der Waals surface area contributed by atoms with Gasteiger partial charge in [0.25, 0.3) is 0 Å². The number of ether oxygens (including phenoxy) is 1. The van der Waals surface area contributed by atoms with Crippen molar-refractivity contribution in [1.29, 1.82) is 0 Å². The number of esters is 1. The monoisotopic (exact) mass is 485 g/mol. The van der Waals surface area contributed by atoms with E-state index in [1.165, 1.54) is 0 Å². The van der Waals surface area contributed by atoms with E-state index in [9.17, 15) is 4.79 Å². The average Bonchev–Trinajstić information content (AvgIpc) is 2.74. The molecule has 0 spiro atoms. The number of hydrogen-bond acceptors (Lipinski definition) is 3. The molecule has 0 fully saturated rings. The molecule has 0 saturated heterocycles. The van der Waals surface area contributed by atoms with Crippen LogP contribution in [0.3, 0.4) is 0 Å². The molecule has 1 heterocycles. The van der Waals surface area contributed by atoms with Crippen molar-refractivity contribution in [2.45, 2.75) is 19.1 Å². The summed E-state index contributed by atoms with van der Waals surface area (Å²) in [5.41, 5.74) is 4.24. The summed E-state index contributed by atoms with van der Waals surface area (Å²) >= 11 is 10.2. The van der Waals surface area contributed by atoms with Crippen LogP contribution in [0.15, 0.2) is 77.3 Å². The van der Waals surface area contributed by atoms with E-state index in [1.54, 1.807) is 0 Å². The molecule has 4 nitrogen and oxygen atoms in total. The lowest BCUT2D eigenvalue weighted by Crippen LogP contribution is -3.15. The second-order valence-corrected chi connectivity index (χ2v) is 8.55. The summed E-state index contributed by atoms with van der Waals surface area (Å²) in [6.07, 6.45) is -0.206. The topological polar surface area (TPSA) is 42.8 Å². The van der Waals surface area contributed by atoms with Gasteiger partial charge in [0.15, 0.2) is 12.7 Å². The zero-order valence-corrected chi connectivity index (χ0v) is 18.9.